The van der Waals surface area contributed by atoms with Crippen LogP contribution in [0.25, 0.3) is 0 Å². The van der Waals surface area contributed by atoms with Crippen molar-refractivity contribution in [2.75, 3.05) is 19.6 Å². The number of hydrogen-bond acceptors (Lipinski definition) is 2. The van der Waals surface area contributed by atoms with Crippen LogP contribution in [0.4, 0.5) is 4.39 Å². The molecule has 1 aromatic carbocycles. The van der Waals surface area contributed by atoms with Crippen LogP contribution in [-0.4, -0.2) is 45.8 Å². The molecule has 0 saturated carbocycles. The van der Waals surface area contributed by atoms with E-state index >= 15 is 0 Å². The van der Waals surface area contributed by atoms with Crippen LogP contribution < -0.4 is 0 Å². The maximum Gasteiger partial charge on any atom is 0.270 e. The van der Waals surface area contributed by atoms with Crippen molar-refractivity contribution in [3.8, 4) is 0 Å². The molecule has 1 spiro atoms. The van der Waals surface area contributed by atoms with E-state index in [0.717, 1.165) is 12.0 Å². The fourth-order valence-electron chi connectivity index (χ4n) is 4.17. The zero-order chi connectivity index (χ0) is 18.3. The second kappa shape index (κ2) is 6.27. The number of aryl methyl sites for hydroxylation is 1. The Balaban J connectivity index is 1.46. The fraction of sp³-hybridized carbons (Fsp3) is 0.400. The van der Waals surface area contributed by atoms with E-state index in [0.29, 0.717) is 38.3 Å². The Bertz CT molecular complexity index is 862. The Hall–Kier alpha value is -2.63. The molecule has 1 unspecified atom stereocenters. The van der Waals surface area contributed by atoms with E-state index in [9.17, 15) is 14.0 Å². The second-order valence-electron chi connectivity index (χ2n) is 7.37. The molecule has 2 saturated heterocycles. The second-order valence-corrected chi connectivity index (χ2v) is 7.37. The minimum atomic E-state index is -0.478. The number of halogens is 1. The van der Waals surface area contributed by atoms with E-state index in [-0.39, 0.29) is 17.6 Å². The highest BCUT2D eigenvalue weighted by atomic mass is 19.1. The molecule has 1 atom stereocenters. The van der Waals surface area contributed by atoms with Gasteiger partial charge in [-0.1, -0.05) is 12.1 Å². The Morgan fingerprint density at radius 2 is 2.00 bits per heavy atom. The summed E-state index contributed by atoms with van der Waals surface area (Å²) in [4.78, 5) is 29.3. The summed E-state index contributed by atoms with van der Waals surface area (Å²) >= 11 is 0. The van der Waals surface area contributed by atoms with Crippen molar-refractivity contribution in [1.82, 2.24) is 14.4 Å². The van der Waals surface area contributed by atoms with Crippen molar-refractivity contribution < 1.29 is 14.0 Å². The Kier molecular flexibility index (Phi) is 4.05. The third-order valence-corrected chi connectivity index (χ3v) is 5.67. The zero-order valence-electron chi connectivity index (χ0n) is 14.8. The van der Waals surface area contributed by atoms with Gasteiger partial charge in [0.1, 0.15) is 11.5 Å². The van der Waals surface area contributed by atoms with Crippen molar-refractivity contribution in [2.45, 2.75) is 19.4 Å². The van der Waals surface area contributed by atoms with Crippen LogP contribution in [0, 0.1) is 11.2 Å². The SMILES string of the molecule is Cn1cccc1C(=O)N1CCC2(CCN(Cc3cccc(F)c3)C2=O)C1. The van der Waals surface area contributed by atoms with Crippen LogP contribution in [0.5, 0.6) is 0 Å². The molecule has 4 rings (SSSR count). The average Bonchev–Trinajstić information content (AvgIpc) is 3.31. The first-order chi connectivity index (χ1) is 12.5. The minimum Gasteiger partial charge on any atom is -0.347 e. The van der Waals surface area contributed by atoms with Gasteiger partial charge >= 0.3 is 0 Å². The fourth-order valence-corrected chi connectivity index (χ4v) is 4.17. The van der Waals surface area contributed by atoms with Crippen molar-refractivity contribution in [2.24, 2.45) is 12.5 Å². The number of likely N-dealkylation sites (tertiary alicyclic amines) is 2. The summed E-state index contributed by atoms with van der Waals surface area (Å²) < 4.78 is 15.2. The lowest BCUT2D eigenvalue weighted by Gasteiger charge is -2.24. The molecule has 5 nitrogen and oxygen atoms in total. The van der Waals surface area contributed by atoms with Crippen LogP contribution in [-0.2, 0) is 18.4 Å². The number of aromatic nitrogens is 1. The third-order valence-electron chi connectivity index (χ3n) is 5.67. The molecule has 2 aromatic rings. The average molecular weight is 355 g/mol. The minimum absolute atomic E-state index is 0.0224. The largest absolute Gasteiger partial charge is 0.347 e. The van der Waals surface area contributed by atoms with Gasteiger partial charge in [-0.15, -0.1) is 0 Å². The number of amides is 2. The van der Waals surface area contributed by atoms with Crippen LogP contribution in [0.1, 0.15) is 28.9 Å². The summed E-state index contributed by atoms with van der Waals surface area (Å²) in [5, 5.41) is 0. The van der Waals surface area contributed by atoms with Crippen molar-refractivity contribution in [3.05, 3.63) is 59.7 Å². The van der Waals surface area contributed by atoms with Crippen LogP contribution in [0.2, 0.25) is 0 Å². The van der Waals surface area contributed by atoms with Gasteiger partial charge in [-0.2, -0.15) is 0 Å². The molecule has 3 heterocycles. The summed E-state index contributed by atoms with van der Waals surface area (Å²) in [5.74, 6) is -0.223. The van der Waals surface area contributed by atoms with Gasteiger partial charge in [0.2, 0.25) is 5.91 Å². The predicted molar refractivity (Wildman–Crippen MR) is 94.8 cm³/mol. The highest BCUT2D eigenvalue weighted by Crippen LogP contribution is 2.41. The molecular formula is C20H22FN3O2. The molecule has 136 valence electrons. The van der Waals surface area contributed by atoms with E-state index in [1.165, 1.54) is 12.1 Å². The number of hydrogen-bond donors (Lipinski definition) is 0. The topological polar surface area (TPSA) is 45.6 Å². The predicted octanol–water partition coefficient (Wildman–Crippen LogP) is 2.43. The van der Waals surface area contributed by atoms with Crippen molar-refractivity contribution in [1.29, 1.82) is 0 Å². The molecule has 26 heavy (non-hydrogen) atoms. The number of carbonyl (C=O) groups is 2. The smallest absolute Gasteiger partial charge is 0.270 e. The summed E-state index contributed by atoms with van der Waals surface area (Å²) in [6.45, 7) is 2.14. The molecule has 0 radical (unpaired) electrons. The van der Waals surface area contributed by atoms with Gasteiger partial charge in [-0.3, -0.25) is 9.59 Å². The molecule has 0 aliphatic carbocycles. The molecular weight excluding hydrogens is 333 g/mol. The van der Waals surface area contributed by atoms with Gasteiger partial charge in [0.15, 0.2) is 0 Å². The number of nitrogens with zero attached hydrogens (tertiary/aromatic N) is 3. The molecule has 2 amide bonds. The first kappa shape index (κ1) is 16.8. The summed E-state index contributed by atoms with van der Waals surface area (Å²) in [6.07, 6.45) is 3.29. The summed E-state index contributed by atoms with van der Waals surface area (Å²) in [7, 11) is 1.85. The van der Waals surface area contributed by atoms with Gasteiger partial charge < -0.3 is 14.4 Å². The Morgan fingerprint density at radius 1 is 1.19 bits per heavy atom. The van der Waals surface area contributed by atoms with Crippen LogP contribution in [0.3, 0.4) is 0 Å². The van der Waals surface area contributed by atoms with Crippen molar-refractivity contribution in [3.63, 3.8) is 0 Å². The molecule has 2 aliphatic rings. The van der Waals surface area contributed by atoms with Crippen LogP contribution >= 0.6 is 0 Å². The van der Waals surface area contributed by atoms with Gasteiger partial charge in [0.25, 0.3) is 5.91 Å². The summed E-state index contributed by atoms with van der Waals surface area (Å²) in [5.41, 5.74) is 0.961. The van der Waals surface area contributed by atoms with E-state index < -0.39 is 5.41 Å². The van der Waals surface area contributed by atoms with E-state index in [4.69, 9.17) is 0 Å². The standard InChI is InChI=1S/C20H22FN3O2/c1-22-9-3-6-17(22)18(25)24-11-8-20(14-24)7-10-23(19(20)26)13-15-4-2-5-16(21)12-15/h2-6,9,12H,7-8,10-11,13-14H2,1H3. The lowest BCUT2D eigenvalue weighted by atomic mass is 9.85. The summed E-state index contributed by atoms with van der Waals surface area (Å²) in [6, 6.07) is 10.0. The first-order valence-corrected chi connectivity index (χ1v) is 8.93. The third kappa shape index (κ3) is 2.79. The number of benzene rings is 1. The van der Waals surface area contributed by atoms with Gasteiger partial charge in [-0.05, 0) is 42.7 Å². The van der Waals surface area contributed by atoms with Gasteiger partial charge in [0.05, 0.1) is 5.41 Å². The molecule has 0 N–H and O–H groups in total. The highest BCUT2D eigenvalue weighted by Gasteiger charge is 2.51. The first-order valence-electron chi connectivity index (χ1n) is 8.93. The lowest BCUT2D eigenvalue weighted by molar-refractivity contribution is -0.135. The monoisotopic (exact) mass is 355 g/mol. The van der Waals surface area contributed by atoms with Crippen molar-refractivity contribution >= 4 is 11.8 Å². The maximum atomic E-state index is 13.4. The number of carbonyl (C=O) groups excluding carboxylic acids is 2. The van der Waals surface area contributed by atoms with E-state index in [1.807, 2.05) is 25.4 Å². The van der Waals surface area contributed by atoms with Crippen LogP contribution in [0.15, 0.2) is 42.6 Å². The maximum absolute atomic E-state index is 13.4. The Labute approximate surface area is 152 Å². The quantitative estimate of drug-likeness (QED) is 0.849. The van der Waals surface area contributed by atoms with E-state index in [2.05, 4.69) is 0 Å². The lowest BCUT2D eigenvalue weighted by Crippen LogP contribution is -2.38. The molecule has 1 aromatic heterocycles. The number of rotatable bonds is 3. The molecule has 0 bridgehead atoms. The zero-order valence-corrected chi connectivity index (χ0v) is 14.8. The molecule has 2 aliphatic heterocycles. The highest BCUT2D eigenvalue weighted by molar-refractivity contribution is 5.94. The Morgan fingerprint density at radius 3 is 2.73 bits per heavy atom. The normalized spacial score (nSPS) is 22.6. The van der Waals surface area contributed by atoms with Gasteiger partial charge in [0, 0.05) is 39.4 Å². The molecule has 2 fully saturated rings. The van der Waals surface area contributed by atoms with E-state index in [1.54, 1.807) is 26.5 Å². The van der Waals surface area contributed by atoms with Gasteiger partial charge in [-0.25, -0.2) is 4.39 Å². The molecule has 6 heteroatoms.